The van der Waals surface area contributed by atoms with Crippen molar-refractivity contribution < 1.29 is 9.90 Å². The Morgan fingerprint density at radius 2 is 1.87 bits per heavy atom. The monoisotopic (exact) mass is 328 g/mol. The Bertz CT molecular complexity index is 888. The van der Waals surface area contributed by atoms with Gasteiger partial charge < -0.3 is 5.11 Å². The minimum absolute atomic E-state index is 0.0336. The molecule has 1 N–H and O–H groups in total. The fourth-order valence-corrected chi connectivity index (χ4v) is 2.27. The van der Waals surface area contributed by atoms with Crippen LogP contribution >= 0.6 is 11.6 Å². The molecule has 1 aromatic carbocycles. The quantitative estimate of drug-likeness (QED) is 0.797. The Morgan fingerprint density at radius 3 is 2.48 bits per heavy atom. The molecule has 0 saturated heterocycles. The van der Waals surface area contributed by atoms with Crippen molar-refractivity contribution in [2.24, 2.45) is 0 Å². The number of aryl methyl sites for hydroxylation is 1. The van der Waals surface area contributed by atoms with E-state index in [0.717, 1.165) is 16.8 Å². The van der Waals surface area contributed by atoms with E-state index < -0.39 is 5.97 Å². The molecule has 6 nitrogen and oxygen atoms in total. The lowest BCUT2D eigenvalue weighted by molar-refractivity contribution is 0.0691. The highest BCUT2D eigenvalue weighted by Crippen LogP contribution is 2.22. The first kappa shape index (κ1) is 15.2. The van der Waals surface area contributed by atoms with Gasteiger partial charge in [0.2, 0.25) is 0 Å². The summed E-state index contributed by atoms with van der Waals surface area (Å²) in [5.74, 6) is 0.0675. The average Bonchev–Trinajstić information content (AvgIpc) is 3.00. The van der Waals surface area contributed by atoms with Crippen LogP contribution in [0.3, 0.4) is 0 Å². The molecule has 2 heterocycles. The number of nitrogens with zero attached hydrogens (tertiary/aromatic N) is 4. The fraction of sp³-hybridized carbons (Fsp3) is 0.125. The number of carboxylic acid groups (broad SMARTS) is 1. The highest BCUT2D eigenvalue weighted by atomic mass is 35.5. The van der Waals surface area contributed by atoms with Gasteiger partial charge in [-0.15, -0.1) is 0 Å². The number of hydrogen-bond acceptors (Lipinski definition) is 4. The van der Waals surface area contributed by atoms with Gasteiger partial charge >= 0.3 is 5.97 Å². The van der Waals surface area contributed by atoms with E-state index in [9.17, 15) is 4.79 Å². The largest absolute Gasteiger partial charge is 0.476 e. The van der Waals surface area contributed by atoms with Crippen molar-refractivity contribution >= 4 is 17.6 Å². The summed E-state index contributed by atoms with van der Waals surface area (Å²) in [6, 6.07) is 7.23. The zero-order valence-corrected chi connectivity index (χ0v) is 13.2. The van der Waals surface area contributed by atoms with Crippen molar-refractivity contribution in [3.05, 3.63) is 58.8 Å². The van der Waals surface area contributed by atoms with E-state index in [1.54, 1.807) is 16.7 Å². The van der Waals surface area contributed by atoms with Crippen LogP contribution in [0.1, 0.15) is 21.7 Å². The van der Waals surface area contributed by atoms with E-state index in [1.165, 1.54) is 12.5 Å². The summed E-state index contributed by atoms with van der Waals surface area (Å²) in [4.78, 5) is 23.9. The summed E-state index contributed by atoms with van der Waals surface area (Å²) in [5.41, 5.74) is 2.47. The maximum atomic E-state index is 11.0. The SMILES string of the molecule is Cc1nc(-c2ccc(Cl)cc2)nc(-n2cnc(C(=O)O)c2)c1C. The number of hydrogen-bond donors (Lipinski definition) is 1. The van der Waals surface area contributed by atoms with Crippen molar-refractivity contribution in [2.45, 2.75) is 13.8 Å². The van der Waals surface area contributed by atoms with Crippen LogP contribution < -0.4 is 0 Å². The molecule has 0 aliphatic rings. The highest BCUT2D eigenvalue weighted by molar-refractivity contribution is 6.30. The minimum Gasteiger partial charge on any atom is -0.476 e. The van der Waals surface area contributed by atoms with Crippen molar-refractivity contribution in [1.29, 1.82) is 0 Å². The van der Waals surface area contributed by atoms with Crippen molar-refractivity contribution in [3.8, 4) is 17.2 Å². The van der Waals surface area contributed by atoms with E-state index >= 15 is 0 Å². The Hall–Kier alpha value is -2.73. The molecule has 7 heteroatoms. The highest BCUT2D eigenvalue weighted by Gasteiger charge is 2.14. The van der Waals surface area contributed by atoms with Gasteiger partial charge in [-0.3, -0.25) is 4.57 Å². The molecular weight excluding hydrogens is 316 g/mol. The molecule has 0 bridgehead atoms. The summed E-state index contributed by atoms with van der Waals surface area (Å²) in [7, 11) is 0. The van der Waals surface area contributed by atoms with Gasteiger partial charge in [0.25, 0.3) is 0 Å². The van der Waals surface area contributed by atoms with Gasteiger partial charge in [-0.05, 0) is 38.1 Å². The third-order valence-corrected chi connectivity index (χ3v) is 3.76. The molecule has 0 fully saturated rings. The lowest BCUT2D eigenvalue weighted by Gasteiger charge is -2.11. The van der Waals surface area contributed by atoms with Gasteiger partial charge in [0.15, 0.2) is 11.5 Å². The molecule has 0 amide bonds. The molecule has 0 spiro atoms. The van der Waals surface area contributed by atoms with E-state index in [1.807, 2.05) is 26.0 Å². The molecule has 0 unspecified atom stereocenters. The minimum atomic E-state index is -1.08. The summed E-state index contributed by atoms with van der Waals surface area (Å²) < 4.78 is 1.59. The van der Waals surface area contributed by atoms with Gasteiger partial charge in [0.1, 0.15) is 12.1 Å². The Kier molecular flexibility index (Phi) is 3.83. The number of benzene rings is 1. The maximum absolute atomic E-state index is 11.0. The van der Waals surface area contributed by atoms with Crippen LogP contribution in [0.2, 0.25) is 5.02 Å². The van der Waals surface area contributed by atoms with Crippen molar-refractivity contribution in [3.63, 3.8) is 0 Å². The number of carbonyl (C=O) groups is 1. The number of halogens is 1. The first-order chi connectivity index (χ1) is 11.0. The third kappa shape index (κ3) is 2.93. The fourth-order valence-electron chi connectivity index (χ4n) is 2.14. The molecule has 3 aromatic rings. The third-order valence-electron chi connectivity index (χ3n) is 3.51. The number of aromatic nitrogens is 4. The first-order valence-corrected chi connectivity index (χ1v) is 7.22. The van der Waals surface area contributed by atoms with Crippen LogP contribution in [-0.2, 0) is 0 Å². The molecule has 0 atom stereocenters. The predicted molar refractivity (Wildman–Crippen MR) is 86.0 cm³/mol. The lowest BCUT2D eigenvalue weighted by Crippen LogP contribution is -2.05. The molecule has 23 heavy (non-hydrogen) atoms. The van der Waals surface area contributed by atoms with Gasteiger partial charge in [-0.2, -0.15) is 0 Å². The topological polar surface area (TPSA) is 80.9 Å². The number of carboxylic acids is 1. The van der Waals surface area contributed by atoms with E-state index in [0.29, 0.717) is 16.7 Å². The standard InChI is InChI=1S/C16H13ClN4O2/c1-9-10(2)19-14(11-3-5-12(17)6-4-11)20-15(9)21-7-13(16(22)23)18-8-21/h3-8H,1-2H3,(H,22,23). The Balaban J connectivity index is 2.13. The van der Waals surface area contributed by atoms with Crippen LogP contribution in [0, 0.1) is 13.8 Å². The summed E-state index contributed by atoms with van der Waals surface area (Å²) in [6.07, 6.45) is 2.87. The number of rotatable bonds is 3. The Labute approximate surface area is 137 Å². The van der Waals surface area contributed by atoms with Crippen LogP contribution in [-0.4, -0.2) is 30.6 Å². The van der Waals surface area contributed by atoms with E-state index in [-0.39, 0.29) is 5.69 Å². The van der Waals surface area contributed by atoms with Gasteiger partial charge in [-0.25, -0.2) is 19.7 Å². The van der Waals surface area contributed by atoms with Crippen molar-refractivity contribution in [2.75, 3.05) is 0 Å². The number of imidazole rings is 1. The smallest absolute Gasteiger partial charge is 0.356 e. The van der Waals surface area contributed by atoms with Gasteiger partial charge in [0.05, 0.1) is 0 Å². The number of aromatic carboxylic acids is 1. The molecular formula is C16H13ClN4O2. The Morgan fingerprint density at radius 1 is 1.17 bits per heavy atom. The molecule has 0 aliphatic heterocycles. The second kappa shape index (κ2) is 5.81. The van der Waals surface area contributed by atoms with Crippen LogP contribution in [0.5, 0.6) is 0 Å². The van der Waals surface area contributed by atoms with Gasteiger partial charge in [0, 0.05) is 28.0 Å². The zero-order valence-electron chi connectivity index (χ0n) is 12.5. The summed E-state index contributed by atoms with van der Waals surface area (Å²) >= 11 is 5.91. The molecule has 2 aromatic heterocycles. The summed E-state index contributed by atoms with van der Waals surface area (Å²) in [6.45, 7) is 3.77. The van der Waals surface area contributed by atoms with Gasteiger partial charge in [-0.1, -0.05) is 11.6 Å². The maximum Gasteiger partial charge on any atom is 0.356 e. The molecule has 0 radical (unpaired) electrons. The molecule has 3 rings (SSSR count). The first-order valence-electron chi connectivity index (χ1n) is 6.84. The van der Waals surface area contributed by atoms with Crippen LogP contribution in [0.4, 0.5) is 0 Å². The second-order valence-corrected chi connectivity index (χ2v) is 5.50. The van der Waals surface area contributed by atoms with E-state index in [4.69, 9.17) is 16.7 Å². The van der Waals surface area contributed by atoms with Crippen LogP contribution in [0.25, 0.3) is 17.2 Å². The summed E-state index contributed by atoms with van der Waals surface area (Å²) in [5, 5.41) is 9.64. The van der Waals surface area contributed by atoms with Crippen LogP contribution in [0.15, 0.2) is 36.8 Å². The normalized spacial score (nSPS) is 10.7. The predicted octanol–water partition coefficient (Wildman–Crippen LogP) is 3.30. The zero-order chi connectivity index (χ0) is 16.6. The molecule has 0 saturated carbocycles. The molecule has 116 valence electrons. The average molecular weight is 329 g/mol. The second-order valence-electron chi connectivity index (χ2n) is 5.06. The van der Waals surface area contributed by atoms with Crippen molar-refractivity contribution in [1.82, 2.24) is 19.5 Å². The lowest BCUT2D eigenvalue weighted by atomic mass is 10.2. The molecule has 0 aliphatic carbocycles. The van der Waals surface area contributed by atoms with E-state index in [2.05, 4.69) is 15.0 Å².